The van der Waals surface area contributed by atoms with E-state index in [1.54, 1.807) is 0 Å². The largest absolute Gasteiger partial charge is 0.353 e. The second-order valence-electron chi connectivity index (χ2n) is 5.61. The zero-order chi connectivity index (χ0) is 13.9. The summed E-state index contributed by atoms with van der Waals surface area (Å²) in [7, 11) is 0. The molecule has 2 aromatic rings. The van der Waals surface area contributed by atoms with Gasteiger partial charge in [0.05, 0.1) is 0 Å². The maximum atomic E-state index is 11.5. The van der Waals surface area contributed by atoms with Gasteiger partial charge in [0.2, 0.25) is 5.91 Å². The smallest absolute Gasteiger partial charge is 0.223 e. The maximum Gasteiger partial charge on any atom is 0.223 e. The lowest BCUT2D eigenvalue weighted by Crippen LogP contribution is -2.27. The Kier molecular flexibility index (Phi) is 3.55. The molecule has 0 bridgehead atoms. The normalized spacial score (nSPS) is 21.8. The first-order chi connectivity index (χ1) is 9.72. The van der Waals surface area contributed by atoms with Crippen molar-refractivity contribution >= 4 is 5.91 Å². The fraction of sp³-hybridized carbons (Fsp3) is 0.278. The summed E-state index contributed by atoms with van der Waals surface area (Å²) < 4.78 is 0. The number of carbonyl (C=O) groups is 1. The summed E-state index contributed by atoms with van der Waals surface area (Å²) in [5.41, 5.74) is 3.75. The molecular weight excluding hydrogens is 246 g/mol. The van der Waals surface area contributed by atoms with E-state index in [1.165, 1.54) is 16.7 Å². The van der Waals surface area contributed by atoms with Crippen molar-refractivity contribution in [2.75, 3.05) is 0 Å². The number of benzene rings is 2. The molecule has 2 atom stereocenters. The average molecular weight is 265 g/mol. The van der Waals surface area contributed by atoms with Crippen molar-refractivity contribution in [1.82, 2.24) is 5.32 Å². The van der Waals surface area contributed by atoms with Gasteiger partial charge < -0.3 is 5.32 Å². The van der Waals surface area contributed by atoms with E-state index in [9.17, 15) is 4.79 Å². The van der Waals surface area contributed by atoms with Gasteiger partial charge in [-0.15, -0.1) is 0 Å². The molecule has 2 nitrogen and oxygen atoms in total. The predicted octanol–water partition coefficient (Wildman–Crippen LogP) is 3.42. The van der Waals surface area contributed by atoms with Crippen molar-refractivity contribution in [2.24, 2.45) is 5.92 Å². The summed E-state index contributed by atoms with van der Waals surface area (Å²) in [4.78, 5) is 11.5. The first-order valence-electron chi connectivity index (χ1n) is 7.17. The monoisotopic (exact) mass is 265 g/mol. The number of hydrogen-bond acceptors (Lipinski definition) is 1. The number of carbonyl (C=O) groups excluding carboxylic acids is 1. The summed E-state index contributed by atoms with van der Waals surface area (Å²) >= 11 is 0. The number of amides is 1. The topological polar surface area (TPSA) is 29.1 Å². The molecule has 2 heteroatoms. The number of nitrogens with one attached hydrogen (secondary N) is 1. The Labute approximate surface area is 119 Å². The molecule has 0 saturated carbocycles. The van der Waals surface area contributed by atoms with Crippen LogP contribution in [-0.4, -0.2) is 11.9 Å². The van der Waals surface area contributed by atoms with Crippen LogP contribution in [0.1, 0.15) is 18.9 Å². The van der Waals surface area contributed by atoms with E-state index in [4.69, 9.17) is 0 Å². The van der Waals surface area contributed by atoms with Crippen LogP contribution in [0.2, 0.25) is 0 Å². The van der Waals surface area contributed by atoms with Gasteiger partial charge in [-0.2, -0.15) is 0 Å². The van der Waals surface area contributed by atoms with Crippen LogP contribution in [0.5, 0.6) is 0 Å². The molecule has 0 spiro atoms. The third kappa shape index (κ3) is 2.74. The molecule has 0 aromatic heterocycles. The van der Waals surface area contributed by atoms with Crippen LogP contribution < -0.4 is 5.32 Å². The first kappa shape index (κ1) is 12.9. The fourth-order valence-corrected chi connectivity index (χ4v) is 2.82. The van der Waals surface area contributed by atoms with Crippen molar-refractivity contribution in [3.05, 3.63) is 60.2 Å². The minimum absolute atomic E-state index is 0.156. The molecule has 1 aliphatic heterocycles. The highest BCUT2D eigenvalue weighted by molar-refractivity contribution is 5.80. The second kappa shape index (κ2) is 5.49. The van der Waals surface area contributed by atoms with E-state index in [2.05, 4.69) is 53.8 Å². The van der Waals surface area contributed by atoms with Crippen molar-refractivity contribution in [1.29, 1.82) is 0 Å². The van der Waals surface area contributed by atoms with Crippen LogP contribution in [0.4, 0.5) is 0 Å². The van der Waals surface area contributed by atoms with E-state index < -0.39 is 0 Å². The molecule has 1 N–H and O–H groups in total. The Morgan fingerprint density at radius 3 is 2.25 bits per heavy atom. The van der Waals surface area contributed by atoms with Crippen LogP contribution >= 0.6 is 0 Å². The molecule has 1 saturated heterocycles. The molecule has 102 valence electrons. The van der Waals surface area contributed by atoms with Gasteiger partial charge in [0.1, 0.15) is 0 Å². The number of rotatable bonds is 3. The zero-order valence-corrected chi connectivity index (χ0v) is 11.7. The van der Waals surface area contributed by atoms with Crippen molar-refractivity contribution in [2.45, 2.75) is 25.8 Å². The summed E-state index contributed by atoms with van der Waals surface area (Å²) in [6.07, 6.45) is 1.87. The molecular formula is C18H19NO. The van der Waals surface area contributed by atoms with Gasteiger partial charge >= 0.3 is 0 Å². The minimum atomic E-state index is 0.156. The van der Waals surface area contributed by atoms with Crippen LogP contribution in [0.15, 0.2) is 54.6 Å². The lowest BCUT2D eigenvalue weighted by atomic mass is 9.98. The average Bonchev–Trinajstić information content (AvgIpc) is 2.79. The SMILES string of the molecule is CC1C[C@@H](Cc2ccc(-c3ccccc3)cc2)NC1=O. The van der Waals surface area contributed by atoms with E-state index in [1.807, 2.05) is 13.0 Å². The number of hydrogen-bond donors (Lipinski definition) is 1. The summed E-state index contributed by atoms with van der Waals surface area (Å²) in [6.45, 7) is 1.99. The Hall–Kier alpha value is -2.09. The molecule has 1 heterocycles. The highest BCUT2D eigenvalue weighted by Gasteiger charge is 2.27. The van der Waals surface area contributed by atoms with Gasteiger partial charge in [0.15, 0.2) is 0 Å². The van der Waals surface area contributed by atoms with Crippen LogP contribution in [0.3, 0.4) is 0 Å². The molecule has 0 aliphatic carbocycles. The molecule has 3 rings (SSSR count). The van der Waals surface area contributed by atoms with Gasteiger partial charge in [0.25, 0.3) is 0 Å². The van der Waals surface area contributed by atoms with E-state index in [0.29, 0.717) is 6.04 Å². The maximum absolute atomic E-state index is 11.5. The van der Waals surface area contributed by atoms with Gasteiger partial charge in [-0.05, 0) is 29.5 Å². The lowest BCUT2D eigenvalue weighted by Gasteiger charge is -2.10. The highest BCUT2D eigenvalue weighted by atomic mass is 16.2. The van der Waals surface area contributed by atoms with E-state index >= 15 is 0 Å². The lowest BCUT2D eigenvalue weighted by molar-refractivity contribution is -0.122. The summed E-state index contributed by atoms with van der Waals surface area (Å²) in [5.74, 6) is 0.347. The third-order valence-electron chi connectivity index (χ3n) is 3.98. The summed E-state index contributed by atoms with van der Waals surface area (Å²) in [5, 5.41) is 3.06. The van der Waals surface area contributed by atoms with Gasteiger partial charge in [0, 0.05) is 12.0 Å². The quantitative estimate of drug-likeness (QED) is 0.905. The fourth-order valence-electron chi connectivity index (χ4n) is 2.82. The van der Waals surface area contributed by atoms with Gasteiger partial charge in [-0.1, -0.05) is 61.5 Å². The molecule has 2 aromatic carbocycles. The standard InChI is InChI=1S/C18H19NO/c1-13-11-17(19-18(13)20)12-14-7-9-16(10-8-14)15-5-3-2-4-6-15/h2-10,13,17H,11-12H2,1H3,(H,19,20)/t13?,17-/m0/s1. The Morgan fingerprint density at radius 1 is 1.00 bits per heavy atom. The zero-order valence-electron chi connectivity index (χ0n) is 11.7. The van der Waals surface area contributed by atoms with Gasteiger partial charge in [-0.25, -0.2) is 0 Å². The van der Waals surface area contributed by atoms with Gasteiger partial charge in [-0.3, -0.25) is 4.79 Å². The predicted molar refractivity (Wildman–Crippen MR) is 81.3 cm³/mol. The Morgan fingerprint density at radius 2 is 1.65 bits per heavy atom. The van der Waals surface area contributed by atoms with Crippen molar-refractivity contribution in [3.8, 4) is 11.1 Å². The minimum Gasteiger partial charge on any atom is -0.353 e. The van der Waals surface area contributed by atoms with E-state index in [-0.39, 0.29) is 11.8 Å². The molecule has 1 amide bonds. The van der Waals surface area contributed by atoms with Crippen LogP contribution in [-0.2, 0) is 11.2 Å². The Bertz CT molecular complexity index is 589. The van der Waals surface area contributed by atoms with E-state index in [0.717, 1.165) is 12.8 Å². The van der Waals surface area contributed by atoms with Crippen molar-refractivity contribution in [3.63, 3.8) is 0 Å². The highest BCUT2D eigenvalue weighted by Crippen LogP contribution is 2.22. The molecule has 20 heavy (non-hydrogen) atoms. The van der Waals surface area contributed by atoms with Crippen molar-refractivity contribution < 1.29 is 4.79 Å². The summed E-state index contributed by atoms with van der Waals surface area (Å²) in [6, 6.07) is 19.3. The van der Waals surface area contributed by atoms with Crippen LogP contribution in [0.25, 0.3) is 11.1 Å². The Balaban J connectivity index is 1.69. The molecule has 0 radical (unpaired) electrons. The third-order valence-corrected chi connectivity index (χ3v) is 3.98. The molecule has 1 unspecified atom stereocenters. The first-order valence-corrected chi connectivity index (χ1v) is 7.17. The molecule has 1 fully saturated rings. The second-order valence-corrected chi connectivity index (χ2v) is 5.61. The van der Waals surface area contributed by atoms with Crippen LogP contribution in [0, 0.1) is 5.92 Å². The molecule has 1 aliphatic rings.